The van der Waals surface area contributed by atoms with Crippen LogP contribution in [0.5, 0.6) is 0 Å². The second-order valence-electron chi connectivity index (χ2n) is 6.42. The van der Waals surface area contributed by atoms with Gasteiger partial charge in [-0.15, -0.1) is 0 Å². The molecule has 0 saturated heterocycles. The zero-order chi connectivity index (χ0) is 15.5. The first kappa shape index (κ1) is 15.6. The van der Waals surface area contributed by atoms with Gasteiger partial charge in [-0.2, -0.15) is 0 Å². The zero-order valence-corrected chi connectivity index (χ0v) is 12.9. The minimum atomic E-state index is -0.509. The van der Waals surface area contributed by atoms with Crippen LogP contribution in [0.3, 0.4) is 0 Å². The molecule has 0 N–H and O–H groups in total. The predicted molar refractivity (Wildman–Crippen MR) is 77.4 cm³/mol. The van der Waals surface area contributed by atoms with E-state index in [1.54, 1.807) is 6.26 Å². The smallest absolute Gasteiger partial charge is 0.306 e. The van der Waals surface area contributed by atoms with Gasteiger partial charge in [0, 0.05) is 12.5 Å². The lowest BCUT2D eigenvalue weighted by Gasteiger charge is -2.22. The lowest BCUT2D eigenvalue weighted by atomic mass is 10.2. The lowest BCUT2D eigenvalue weighted by Crippen LogP contribution is -2.33. The zero-order valence-electron chi connectivity index (χ0n) is 12.9. The molecule has 1 fully saturated rings. The van der Waals surface area contributed by atoms with Gasteiger partial charge >= 0.3 is 5.97 Å². The molecule has 1 amide bonds. The largest absolute Gasteiger partial charge is 0.467 e. The second kappa shape index (κ2) is 6.33. The number of rotatable bonds is 6. The van der Waals surface area contributed by atoms with Crippen LogP contribution in [0.15, 0.2) is 22.8 Å². The Hall–Kier alpha value is -1.78. The summed E-state index contributed by atoms with van der Waals surface area (Å²) in [5.41, 5.74) is -0.509. The number of ether oxygens (including phenoxy) is 1. The normalized spacial score (nSPS) is 14.8. The molecule has 0 atom stereocenters. The van der Waals surface area contributed by atoms with Crippen LogP contribution in [0.4, 0.5) is 0 Å². The molecule has 0 radical (unpaired) electrons. The summed E-state index contributed by atoms with van der Waals surface area (Å²) in [6.07, 6.45) is 3.97. The average Bonchev–Trinajstić information content (AvgIpc) is 3.08. The molecule has 1 saturated carbocycles. The van der Waals surface area contributed by atoms with Crippen LogP contribution in [0.2, 0.25) is 0 Å². The molecule has 0 aromatic carbocycles. The third-order valence-electron chi connectivity index (χ3n) is 3.18. The number of hydrogen-bond acceptors (Lipinski definition) is 4. The van der Waals surface area contributed by atoms with Crippen LogP contribution in [0, 0.1) is 0 Å². The van der Waals surface area contributed by atoms with Gasteiger partial charge in [-0.3, -0.25) is 9.59 Å². The van der Waals surface area contributed by atoms with Gasteiger partial charge in [0.25, 0.3) is 0 Å². The molecule has 5 nitrogen and oxygen atoms in total. The van der Waals surface area contributed by atoms with E-state index in [0.717, 1.165) is 18.6 Å². The first-order valence-electron chi connectivity index (χ1n) is 7.39. The Labute approximate surface area is 125 Å². The lowest BCUT2D eigenvalue weighted by molar-refractivity contribution is -0.156. The van der Waals surface area contributed by atoms with Gasteiger partial charge in [-0.1, -0.05) is 0 Å². The molecule has 0 unspecified atom stereocenters. The van der Waals surface area contributed by atoms with Gasteiger partial charge in [-0.25, -0.2) is 0 Å². The molecule has 2 rings (SSSR count). The monoisotopic (exact) mass is 293 g/mol. The quantitative estimate of drug-likeness (QED) is 0.757. The predicted octanol–water partition coefficient (Wildman–Crippen LogP) is 2.89. The van der Waals surface area contributed by atoms with E-state index in [9.17, 15) is 9.59 Å². The van der Waals surface area contributed by atoms with Crippen LogP contribution in [0.25, 0.3) is 0 Å². The summed E-state index contributed by atoms with van der Waals surface area (Å²) >= 11 is 0. The first-order valence-corrected chi connectivity index (χ1v) is 7.39. The molecular formula is C16H23NO4. The van der Waals surface area contributed by atoms with Crippen LogP contribution in [-0.4, -0.2) is 28.4 Å². The molecule has 21 heavy (non-hydrogen) atoms. The molecule has 5 heteroatoms. The van der Waals surface area contributed by atoms with Crippen molar-refractivity contribution in [3.8, 4) is 0 Å². The Balaban J connectivity index is 1.83. The van der Waals surface area contributed by atoms with Crippen LogP contribution in [0.1, 0.15) is 52.2 Å². The van der Waals surface area contributed by atoms with Gasteiger partial charge in [0.15, 0.2) is 0 Å². The summed E-state index contributed by atoms with van der Waals surface area (Å²) in [5, 5.41) is 0. The van der Waals surface area contributed by atoms with E-state index >= 15 is 0 Å². The Morgan fingerprint density at radius 1 is 1.33 bits per heavy atom. The van der Waals surface area contributed by atoms with E-state index in [2.05, 4.69) is 0 Å². The SMILES string of the molecule is CC(C)(C)OC(=O)CCC(=O)N(Cc1ccco1)C1CC1. The fraction of sp³-hybridized carbons (Fsp3) is 0.625. The standard InChI is InChI=1S/C16H23NO4/c1-16(2,3)21-15(19)9-8-14(18)17(12-6-7-12)11-13-5-4-10-20-13/h4-5,10,12H,6-9,11H2,1-3H3. The van der Waals surface area contributed by atoms with E-state index in [-0.39, 0.29) is 24.7 Å². The van der Waals surface area contributed by atoms with Gasteiger partial charge in [0.05, 0.1) is 19.2 Å². The summed E-state index contributed by atoms with van der Waals surface area (Å²) in [6.45, 7) is 5.94. The van der Waals surface area contributed by atoms with Crippen molar-refractivity contribution in [2.75, 3.05) is 0 Å². The van der Waals surface area contributed by atoms with E-state index in [4.69, 9.17) is 9.15 Å². The summed E-state index contributed by atoms with van der Waals surface area (Å²) in [6, 6.07) is 3.96. The molecule has 116 valence electrons. The minimum Gasteiger partial charge on any atom is -0.467 e. The van der Waals surface area contributed by atoms with E-state index in [0.29, 0.717) is 12.6 Å². The molecule has 1 aliphatic rings. The molecule has 1 aromatic heterocycles. The summed E-state index contributed by atoms with van der Waals surface area (Å²) < 4.78 is 10.5. The van der Waals surface area contributed by atoms with E-state index < -0.39 is 5.60 Å². The first-order chi connectivity index (χ1) is 9.85. The molecule has 0 aliphatic heterocycles. The maximum absolute atomic E-state index is 12.3. The van der Waals surface area contributed by atoms with Gasteiger partial charge in [-0.05, 0) is 45.7 Å². The topological polar surface area (TPSA) is 59.8 Å². The fourth-order valence-electron chi connectivity index (χ4n) is 2.12. The third kappa shape index (κ3) is 5.25. The third-order valence-corrected chi connectivity index (χ3v) is 3.18. The maximum atomic E-state index is 12.3. The Bertz CT molecular complexity index is 483. The van der Waals surface area contributed by atoms with Crippen LogP contribution in [-0.2, 0) is 20.9 Å². The number of amides is 1. The molecule has 1 heterocycles. The number of carbonyl (C=O) groups is 2. The van der Waals surface area contributed by atoms with Crippen molar-refractivity contribution in [2.24, 2.45) is 0 Å². The van der Waals surface area contributed by atoms with Crippen molar-refractivity contribution in [3.63, 3.8) is 0 Å². The second-order valence-corrected chi connectivity index (χ2v) is 6.42. The van der Waals surface area contributed by atoms with Crippen molar-refractivity contribution >= 4 is 11.9 Å². The number of esters is 1. The van der Waals surface area contributed by atoms with Crippen molar-refractivity contribution < 1.29 is 18.7 Å². The highest BCUT2D eigenvalue weighted by Gasteiger charge is 2.33. The number of carbonyl (C=O) groups excluding carboxylic acids is 2. The summed E-state index contributed by atoms with van der Waals surface area (Å²) in [7, 11) is 0. The summed E-state index contributed by atoms with van der Waals surface area (Å²) in [4.78, 5) is 25.8. The van der Waals surface area contributed by atoms with Gasteiger partial charge in [0.1, 0.15) is 11.4 Å². The van der Waals surface area contributed by atoms with Crippen molar-refractivity contribution in [2.45, 2.75) is 64.6 Å². The molecule has 0 spiro atoms. The van der Waals surface area contributed by atoms with Crippen molar-refractivity contribution in [1.82, 2.24) is 4.90 Å². The highest BCUT2D eigenvalue weighted by atomic mass is 16.6. The average molecular weight is 293 g/mol. The Morgan fingerprint density at radius 3 is 2.57 bits per heavy atom. The molecular weight excluding hydrogens is 270 g/mol. The fourth-order valence-corrected chi connectivity index (χ4v) is 2.12. The highest BCUT2D eigenvalue weighted by Crippen LogP contribution is 2.29. The van der Waals surface area contributed by atoms with E-state index in [1.165, 1.54) is 0 Å². The Morgan fingerprint density at radius 2 is 2.05 bits per heavy atom. The van der Waals surface area contributed by atoms with Crippen LogP contribution < -0.4 is 0 Å². The number of nitrogens with zero attached hydrogens (tertiary/aromatic N) is 1. The van der Waals surface area contributed by atoms with E-state index in [1.807, 2.05) is 37.8 Å². The highest BCUT2D eigenvalue weighted by molar-refractivity contribution is 5.81. The molecule has 0 bridgehead atoms. The van der Waals surface area contributed by atoms with Crippen molar-refractivity contribution in [3.05, 3.63) is 24.2 Å². The minimum absolute atomic E-state index is 0.0141. The maximum Gasteiger partial charge on any atom is 0.306 e. The molecule has 1 aromatic rings. The van der Waals surface area contributed by atoms with Crippen LogP contribution >= 0.6 is 0 Å². The molecule has 1 aliphatic carbocycles. The van der Waals surface area contributed by atoms with Gasteiger partial charge < -0.3 is 14.1 Å². The van der Waals surface area contributed by atoms with Gasteiger partial charge in [0.2, 0.25) is 5.91 Å². The Kier molecular flexibility index (Phi) is 4.70. The summed E-state index contributed by atoms with van der Waals surface area (Å²) in [5.74, 6) is 0.428. The number of hydrogen-bond donors (Lipinski definition) is 0. The van der Waals surface area contributed by atoms with Crippen molar-refractivity contribution in [1.29, 1.82) is 0 Å². The number of furan rings is 1.